The van der Waals surface area contributed by atoms with Crippen LogP contribution in [0.4, 0.5) is 4.79 Å². The largest absolute Gasteiger partial charge is 0.332 e. The zero-order valence-corrected chi connectivity index (χ0v) is 14.9. The molecule has 2 aliphatic heterocycles. The highest BCUT2D eigenvalue weighted by atomic mass is 16.2. The van der Waals surface area contributed by atoms with Gasteiger partial charge in [-0.05, 0) is 50.9 Å². The monoisotopic (exact) mass is 341 g/mol. The first-order valence-electron chi connectivity index (χ1n) is 9.41. The third-order valence-electron chi connectivity index (χ3n) is 5.59. The number of nitrogens with one attached hydrogen (secondary N) is 1. The second-order valence-electron chi connectivity index (χ2n) is 7.28. The van der Waals surface area contributed by atoms with Gasteiger partial charge in [0.1, 0.15) is 5.65 Å². The molecule has 0 spiro atoms. The Morgan fingerprint density at radius 2 is 2.12 bits per heavy atom. The maximum Gasteiger partial charge on any atom is 0.317 e. The Morgan fingerprint density at radius 1 is 1.28 bits per heavy atom. The van der Waals surface area contributed by atoms with Gasteiger partial charge >= 0.3 is 6.03 Å². The van der Waals surface area contributed by atoms with Crippen LogP contribution in [0.15, 0.2) is 24.5 Å². The molecule has 2 aliphatic rings. The van der Waals surface area contributed by atoms with Gasteiger partial charge in [-0.15, -0.1) is 0 Å². The van der Waals surface area contributed by atoms with Crippen LogP contribution in [-0.2, 0) is 6.54 Å². The number of rotatable bonds is 3. The summed E-state index contributed by atoms with van der Waals surface area (Å²) in [5.41, 5.74) is 3.11. The summed E-state index contributed by atoms with van der Waals surface area (Å²) in [6.07, 6.45) is 8.91. The minimum absolute atomic E-state index is 0.0436. The summed E-state index contributed by atoms with van der Waals surface area (Å²) in [6, 6.07) is 4.65. The SMILES string of the molecule is Cc1cccn2c(CNC(=O)N3CC[C@H](N4CCCCC4)C3)cnc12. The van der Waals surface area contributed by atoms with Crippen LogP contribution in [0.2, 0.25) is 0 Å². The molecule has 2 amide bonds. The van der Waals surface area contributed by atoms with E-state index in [2.05, 4.69) is 32.6 Å². The van der Waals surface area contributed by atoms with Crippen molar-refractivity contribution in [1.82, 2.24) is 24.5 Å². The van der Waals surface area contributed by atoms with E-state index in [4.69, 9.17) is 0 Å². The summed E-state index contributed by atoms with van der Waals surface area (Å²) in [6.45, 7) is 6.67. The van der Waals surface area contributed by atoms with Crippen LogP contribution in [0.5, 0.6) is 0 Å². The van der Waals surface area contributed by atoms with E-state index >= 15 is 0 Å². The van der Waals surface area contributed by atoms with E-state index in [1.54, 1.807) is 0 Å². The smallest absolute Gasteiger partial charge is 0.317 e. The Bertz CT molecular complexity index is 749. The number of aryl methyl sites for hydroxylation is 1. The number of likely N-dealkylation sites (tertiary alicyclic amines) is 2. The zero-order valence-electron chi connectivity index (χ0n) is 14.9. The van der Waals surface area contributed by atoms with Crippen LogP contribution in [0.1, 0.15) is 36.9 Å². The number of pyridine rings is 1. The zero-order chi connectivity index (χ0) is 17.2. The Balaban J connectivity index is 1.34. The normalized spacial score (nSPS) is 21.8. The molecule has 4 rings (SSSR count). The second-order valence-corrected chi connectivity index (χ2v) is 7.28. The number of imidazole rings is 1. The number of carbonyl (C=O) groups is 1. The number of urea groups is 1. The minimum atomic E-state index is 0.0436. The molecule has 2 saturated heterocycles. The predicted octanol–water partition coefficient (Wildman–Crippen LogP) is 2.41. The Morgan fingerprint density at radius 3 is 2.96 bits per heavy atom. The molecule has 134 valence electrons. The number of hydrogen-bond acceptors (Lipinski definition) is 3. The van der Waals surface area contributed by atoms with E-state index in [0.717, 1.165) is 36.4 Å². The Kier molecular flexibility index (Phi) is 4.61. The summed E-state index contributed by atoms with van der Waals surface area (Å²) in [7, 11) is 0. The van der Waals surface area contributed by atoms with Crippen molar-refractivity contribution in [1.29, 1.82) is 0 Å². The van der Waals surface area contributed by atoms with Crippen LogP contribution < -0.4 is 5.32 Å². The summed E-state index contributed by atoms with van der Waals surface area (Å²) >= 11 is 0. The van der Waals surface area contributed by atoms with Gasteiger partial charge in [-0.3, -0.25) is 4.90 Å². The first-order chi connectivity index (χ1) is 12.2. The number of fused-ring (bicyclic) bond motifs is 1. The average molecular weight is 341 g/mol. The van der Waals surface area contributed by atoms with Crippen molar-refractivity contribution in [2.75, 3.05) is 26.2 Å². The van der Waals surface area contributed by atoms with Crippen molar-refractivity contribution in [2.24, 2.45) is 0 Å². The standard InChI is InChI=1S/C19H27N5O/c1-15-6-5-10-24-17(12-20-18(15)24)13-21-19(25)23-11-7-16(14-23)22-8-3-2-4-9-22/h5-6,10,12,16H,2-4,7-9,11,13-14H2,1H3,(H,21,25)/t16-/m0/s1. The van der Waals surface area contributed by atoms with E-state index in [1.165, 1.54) is 32.4 Å². The maximum absolute atomic E-state index is 12.5. The predicted molar refractivity (Wildman–Crippen MR) is 97.6 cm³/mol. The molecule has 2 fully saturated rings. The first-order valence-corrected chi connectivity index (χ1v) is 9.41. The van der Waals surface area contributed by atoms with Crippen molar-refractivity contribution in [3.05, 3.63) is 35.8 Å². The van der Waals surface area contributed by atoms with Crippen LogP contribution in [0.3, 0.4) is 0 Å². The summed E-state index contributed by atoms with van der Waals surface area (Å²) in [5, 5.41) is 3.07. The fourth-order valence-electron chi connectivity index (χ4n) is 4.12. The lowest BCUT2D eigenvalue weighted by atomic mass is 10.1. The molecule has 0 aliphatic carbocycles. The van der Waals surface area contributed by atoms with Crippen molar-refractivity contribution in [2.45, 2.75) is 45.2 Å². The van der Waals surface area contributed by atoms with Gasteiger partial charge in [-0.2, -0.15) is 0 Å². The van der Waals surface area contributed by atoms with Crippen molar-refractivity contribution >= 4 is 11.7 Å². The summed E-state index contributed by atoms with van der Waals surface area (Å²) in [5.74, 6) is 0. The Labute approximate surface area is 148 Å². The van der Waals surface area contributed by atoms with Gasteiger partial charge in [-0.25, -0.2) is 9.78 Å². The van der Waals surface area contributed by atoms with E-state index in [0.29, 0.717) is 12.6 Å². The highest BCUT2D eigenvalue weighted by molar-refractivity contribution is 5.74. The molecule has 0 aromatic carbocycles. The lowest BCUT2D eigenvalue weighted by Crippen LogP contribution is -2.43. The van der Waals surface area contributed by atoms with Gasteiger partial charge < -0.3 is 14.6 Å². The number of nitrogens with zero attached hydrogens (tertiary/aromatic N) is 4. The van der Waals surface area contributed by atoms with Crippen LogP contribution in [-0.4, -0.2) is 57.4 Å². The molecule has 6 heteroatoms. The molecule has 0 bridgehead atoms. The van der Waals surface area contributed by atoms with E-state index in [-0.39, 0.29) is 6.03 Å². The third-order valence-corrected chi connectivity index (χ3v) is 5.59. The molecule has 2 aromatic heterocycles. The second kappa shape index (κ2) is 7.04. The van der Waals surface area contributed by atoms with Crippen LogP contribution in [0.25, 0.3) is 5.65 Å². The van der Waals surface area contributed by atoms with E-state index in [1.807, 2.05) is 23.4 Å². The first kappa shape index (κ1) is 16.4. The highest BCUT2D eigenvalue weighted by Crippen LogP contribution is 2.20. The van der Waals surface area contributed by atoms with Gasteiger partial charge in [0.05, 0.1) is 18.4 Å². The number of carbonyl (C=O) groups excluding carboxylic acids is 1. The molecule has 1 N–H and O–H groups in total. The molecular weight excluding hydrogens is 314 g/mol. The molecule has 1 atom stereocenters. The topological polar surface area (TPSA) is 52.9 Å². The quantitative estimate of drug-likeness (QED) is 0.933. The van der Waals surface area contributed by atoms with Crippen molar-refractivity contribution in [3.8, 4) is 0 Å². The summed E-state index contributed by atoms with van der Waals surface area (Å²) in [4.78, 5) is 21.5. The van der Waals surface area contributed by atoms with Gasteiger partial charge in [0, 0.05) is 25.3 Å². The van der Waals surface area contributed by atoms with Gasteiger partial charge in [0.2, 0.25) is 0 Å². The molecule has 25 heavy (non-hydrogen) atoms. The van der Waals surface area contributed by atoms with Gasteiger partial charge in [0.15, 0.2) is 0 Å². The average Bonchev–Trinajstić information content (AvgIpc) is 3.29. The number of hydrogen-bond donors (Lipinski definition) is 1. The highest BCUT2D eigenvalue weighted by Gasteiger charge is 2.30. The van der Waals surface area contributed by atoms with Gasteiger partial charge in [-0.1, -0.05) is 12.5 Å². The maximum atomic E-state index is 12.5. The molecule has 0 unspecified atom stereocenters. The third kappa shape index (κ3) is 3.35. The summed E-state index contributed by atoms with van der Waals surface area (Å²) < 4.78 is 2.05. The van der Waals surface area contributed by atoms with Crippen LogP contribution in [0, 0.1) is 6.92 Å². The molecular formula is C19H27N5O. The Hall–Kier alpha value is -2.08. The lowest BCUT2D eigenvalue weighted by molar-refractivity contribution is 0.161. The van der Waals surface area contributed by atoms with Crippen molar-refractivity contribution < 1.29 is 4.79 Å². The molecule has 2 aromatic rings. The number of amides is 2. The molecule has 4 heterocycles. The van der Waals surface area contributed by atoms with E-state index in [9.17, 15) is 4.79 Å². The fourth-order valence-corrected chi connectivity index (χ4v) is 4.12. The number of piperidine rings is 1. The fraction of sp³-hybridized carbons (Fsp3) is 0.579. The lowest BCUT2D eigenvalue weighted by Gasteiger charge is -2.32. The minimum Gasteiger partial charge on any atom is -0.332 e. The number of aromatic nitrogens is 2. The molecule has 0 radical (unpaired) electrons. The van der Waals surface area contributed by atoms with Crippen LogP contribution >= 0.6 is 0 Å². The molecule has 6 nitrogen and oxygen atoms in total. The van der Waals surface area contributed by atoms with Gasteiger partial charge in [0.25, 0.3) is 0 Å². The van der Waals surface area contributed by atoms with E-state index < -0.39 is 0 Å². The van der Waals surface area contributed by atoms with Crippen molar-refractivity contribution in [3.63, 3.8) is 0 Å². The molecule has 0 saturated carbocycles.